The van der Waals surface area contributed by atoms with E-state index in [9.17, 15) is 32.7 Å². The molecule has 2 aromatic rings. The number of rotatable bonds is 4. The summed E-state index contributed by atoms with van der Waals surface area (Å²) in [6.07, 6.45) is -5.78. The third-order valence-electron chi connectivity index (χ3n) is 9.89. The number of piperazine rings is 1. The number of fused-ring (bicyclic) bond motifs is 2. The molecule has 1 aromatic carbocycles. The van der Waals surface area contributed by atoms with E-state index in [0.29, 0.717) is 32.7 Å². The molecule has 15 heteroatoms. The van der Waals surface area contributed by atoms with Crippen LogP contribution in [0.25, 0.3) is 0 Å². The molecule has 6 rings (SSSR count). The molecule has 248 valence electrons. The van der Waals surface area contributed by atoms with Crippen LogP contribution in [-0.2, 0) is 15.8 Å². The molecule has 5 heterocycles. The number of carboxylic acid groups (broad SMARTS) is 1. The lowest BCUT2D eigenvalue weighted by Crippen LogP contribution is -2.81. The number of likely N-dealkylation sites (N-methyl/N-ethyl adjacent to an activating group) is 1. The van der Waals surface area contributed by atoms with Crippen molar-refractivity contribution >= 4 is 35.1 Å². The highest BCUT2D eigenvalue weighted by molar-refractivity contribution is 6.10. The molecule has 0 saturated carbocycles. The third-order valence-corrected chi connectivity index (χ3v) is 9.89. The number of benzene rings is 1. The number of amides is 3. The van der Waals surface area contributed by atoms with Crippen LogP contribution in [0.1, 0.15) is 31.5 Å². The monoisotopic (exact) mass is 647 g/mol. The number of aromatic nitrogens is 1. The maximum absolute atomic E-state index is 15.6. The van der Waals surface area contributed by atoms with E-state index in [1.807, 2.05) is 18.7 Å². The number of nitrogens with one attached hydrogen (secondary N) is 1. The van der Waals surface area contributed by atoms with Crippen LogP contribution < -0.4 is 20.0 Å². The molecule has 3 saturated heterocycles. The minimum absolute atomic E-state index is 0.0371. The summed E-state index contributed by atoms with van der Waals surface area (Å²) >= 11 is 0. The predicted octanol–water partition coefficient (Wildman–Crippen LogP) is 3.17. The summed E-state index contributed by atoms with van der Waals surface area (Å²) in [5.74, 6) is -2.52. The van der Waals surface area contributed by atoms with Gasteiger partial charge in [-0.1, -0.05) is 6.07 Å². The van der Waals surface area contributed by atoms with E-state index in [-0.39, 0.29) is 47.9 Å². The maximum Gasteiger partial charge on any atom is 0.416 e. The van der Waals surface area contributed by atoms with Gasteiger partial charge in [-0.25, -0.2) is 14.2 Å². The lowest BCUT2D eigenvalue weighted by molar-refractivity contribution is -0.137. The van der Waals surface area contributed by atoms with Gasteiger partial charge in [0.15, 0.2) is 0 Å². The van der Waals surface area contributed by atoms with Crippen molar-refractivity contribution in [1.82, 2.24) is 20.1 Å². The standard InChI is InChI=1S/C31H37F4N7O4/c1-17-10-21(31(33,34)35)12-24(36-17)42-25(43)11-20-14-40(27-22(32)6-5-7-23(27)38(4)28(44)26(20)42)9-8-39-13-18(2)37-30(19(39)3)15-41(16-30)29(45)46/h5-7,10,12,18-20,26,37H,8-9,11,13-16H2,1-4H3,(H,45,46)/t18-,19?,20-,26+/m1/s1. The lowest BCUT2D eigenvalue weighted by atomic mass is 9.79. The van der Waals surface area contributed by atoms with Crippen molar-refractivity contribution in [3.8, 4) is 0 Å². The Morgan fingerprint density at radius 2 is 1.85 bits per heavy atom. The number of para-hydroxylation sites is 1. The molecule has 1 unspecified atom stereocenters. The van der Waals surface area contributed by atoms with Crippen LogP contribution in [0.4, 0.5) is 39.5 Å². The average Bonchev–Trinajstić information content (AvgIpc) is 3.28. The van der Waals surface area contributed by atoms with Crippen LogP contribution in [0.3, 0.4) is 0 Å². The number of carbonyl (C=O) groups is 3. The van der Waals surface area contributed by atoms with Crippen LogP contribution in [0.5, 0.6) is 0 Å². The van der Waals surface area contributed by atoms with Gasteiger partial charge < -0.3 is 25.1 Å². The summed E-state index contributed by atoms with van der Waals surface area (Å²) in [6, 6.07) is 4.97. The summed E-state index contributed by atoms with van der Waals surface area (Å²) in [6.45, 7) is 7.75. The number of hydrogen-bond donors (Lipinski definition) is 2. The van der Waals surface area contributed by atoms with Crippen LogP contribution in [0.15, 0.2) is 30.3 Å². The van der Waals surface area contributed by atoms with Crippen LogP contribution >= 0.6 is 0 Å². The highest BCUT2D eigenvalue weighted by Gasteiger charge is 2.54. The fourth-order valence-corrected chi connectivity index (χ4v) is 7.64. The molecule has 4 aliphatic rings. The van der Waals surface area contributed by atoms with Gasteiger partial charge in [0.05, 0.1) is 22.5 Å². The highest BCUT2D eigenvalue weighted by Crippen LogP contribution is 2.41. The van der Waals surface area contributed by atoms with E-state index in [2.05, 4.69) is 15.2 Å². The van der Waals surface area contributed by atoms with E-state index in [1.165, 1.54) is 35.9 Å². The minimum Gasteiger partial charge on any atom is -0.465 e. The smallest absolute Gasteiger partial charge is 0.416 e. The number of anilines is 3. The van der Waals surface area contributed by atoms with Gasteiger partial charge in [0.25, 0.3) is 0 Å². The van der Waals surface area contributed by atoms with Gasteiger partial charge in [0.1, 0.15) is 17.7 Å². The minimum atomic E-state index is -4.68. The second-order valence-electron chi connectivity index (χ2n) is 13.0. The molecule has 46 heavy (non-hydrogen) atoms. The van der Waals surface area contributed by atoms with E-state index in [1.54, 1.807) is 6.07 Å². The molecule has 0 aliphatic carbocycles. The number of nitrogens with zero attached hydrogens (tertiary/aromatic N) is 6. The Labute approximate surface area is 263 Å². The van der Waals surface area contributed by atoms with Crippen molar-refractivity contribution in [1.29, 1.82) is 0 Å². The van der Waals surface area contributed by atoms with Crippen molar-refractivity contribution in [2.45, 2.75) is 57.0 Å². The first kappa shape index (κ1) is 32.0. The Balaban J connectivity index is 1.32. The highest BCUT2D eigenvalue weighted by atomic mass is 19.4. The predicted molar refractivity (Wildman–Crippen MR) is 161 cm³/mol. The zero-order valence-corrected chi connectivity index (χ0v) is 26.0. The van der Waals surface area contributed by atoms with E-state index in [0.717, 1.165) is 17.0 Å². The molecular weight excluding hydrogens is 610 g/mol. The first-order valence-electron chi connectivity index (χ1n) is 15.3. The quantitative estimate of drug-likeness (QED) is 0.487. The Kier molecular flexibility index (Phi) is 7.90. The summed E-state index contributed by atoms with van der Waals surface area (Å²) in [7, 11) is 1.47. The second kappa shape index (κ2) is 11.4. The van der Waals surface area contributed by atoms with Gasteiger partial charge in [-0.3, -0.25) is 19.4 Å². The first-order valence-corrected chi connectivity index (χ1v) is 15.3. The lowest BCUT2D eigenvalue weighted by Gasteiger charge is -2.59. The van der Waals surface area contributed by atoms with Gasteiger partial charge in [0.2, 0.25) is 11.8 Å². The molecule has 4 aliphatic heterocycles. The Morgan fingerprint density at radius 3 is 2.52 bits per heavy atom. The van der Waals surface area contributed by atoms with Gasteiger partial charge in [0, 0.05) is 76.4 Å². The maximum atomic E-state index is 15.6. The van der Waals surface area contributed by atoms with Crippen molar-refractivity contribution in [2.24, 2.45) is 5.92 Å². The van der Waals surface area contributed by atoms with Crippen LogP contribution in [0, 0.1) is 18.7 Å². The fraction of sp³-hybridized carbons (Fsp3) is 0.548. The number of pyridine rings is 1. The molecule has 0 radical (unpaired) electrons. The number of hydrogen-bond acceptors (Lipinski definition) is 7. The average molecular weight is 648 g/mol. The Hall–Kier alpha value is -3.98. The van der Waals surface area contributed by atoms with E-state index < -0.39 is 53.0 Å². The van der Waals surface area contributed by atoms with Gasteiger partial charge >= 0.3 is 12.3 Å². The van der Waals surface area contributed by atoms with Crippen molar-refractivity contribution in [3.05, 3.63) is 47.4 Å². The summed E-state index contributed by atoms with van der Waals surface area (Å²) < 4.78 is 56.8. The second-order valence-corrected chi connectivity index (χ2v) is 13.0. The number of alkyl halides is 3. The summed E-state index contributed by atoms with van der Waals surface area (Å²) in [5.41, 5.74) is -0.840. The zero-order valence-electron chi connectivity index (χ0n) is 26.0. The molecule has 0 bridgehead atoms. The molecule has 3 fully saturated rings. The van der Waals surface area contributed by atoms with E-state index >= 15 is 4.39 Å². The molecule has 1 aromatic heterocycles. The molecular formula is C31H37F4N7O4. The molecule has 3 amide bonds. The summed E-state index contributed by atoms with van der Waals surface area (Å²) in [4.78, 5) is 51.0. The molecule has 1 spiro atoms. The SMILES string of the molecule is Cc1cc(C(F)(F)F)cc(N2C(=O)C[C@@H]3CN(CCN4C[C@@H](C)NC5(CN(C(=O)O)C5)C4C)c4c(F)cccc4N(C)C(=O)[C@H]32)n1. The zero-order chi connectivity index (χ0) is 33.3. The Bertz CT molecular complexity index is 1570. The normalized spacial score (nSPS) is 26.5. The van der Waals surface area contributed by atoms with E-state index in [4.69, 9.17) is 0 Å². The molecule has 11 nitrogen and oxygen atoms in total. The van der Waals surface area contributed by atoms with Crippen LogP contribution in [0.2, 0.25) is 0 Å². The van der Waals surface area contributed by atoms with Gasteiger partial charge in [-0.05, 0) is 45.0 Å². The number of carbonyl (C=O) groups excluding carboxylic acids is 2. The van der Waals surface area contributed by atoms with Crippen molar-refractivity contribution < 1.29 is 37.1 Å². The van der Waals surface area contributed by atoms with Crippen LogP contribution in [-0.4, -0.2) is 108 Å². The topological polar surface area (TPSA) is 113 Å². The molecule has 4 atom stereocenters. The number of likely N-dealkylation sites (tertiary alicyclic amines) is 1. The third kappa shape index (κ3) is 5.42. The number of halogens is 4. The first-order chi connectivity index (χ1) is 21.6. The molecule has 2 N–H and O–H groups in total. The van der Waals surface area contributed by atoms with Crippen molar-refractivity contribution in [3.63, 3.8) is 0 Å². The largest absolute Gasteiger partial charge is 0.465 e. The van der Waals surface area contributed by atoms with Gasteiger partial charge in [-0.15, -0.1) is 0 Å². The summed E-state index contributed by atoms with van der Waals surface area (Å²) in [5, 5.41) is 13.0. The van der Waals surface area contributed by atoms with Gasteiger partial charge in [-0.2, -0.15) is 13.2 Å². The Morgan fingerprint density at radius 1 is 1.13 bits per heavy atom. The van der Waals surface area contributed by atoms with Crippen molar-refractivity contribution in [2.75, 3.05) is 61.0 Å². The number of aryl methyl sites for hydroxylation is 1. The fourth-order valence-electron chi connectivity index (χ4n) is 7.64.